The molecule has 1 N–H and O–H groups in total. The summed E-state index contributed by atoms with van der Waals surface area (Å²) in [5.74, 6) is 0.122. The van der Waals surface area contributed by atoms with Crippen LogP contribution in [0.15, 0.2) is 24.3 Å². The Balaban J connectivity index is 2.01. The summed E-state index contributed by atoms with van der Waals surface area (Å²) in [5.41, 5.74) is 2.20. The first-order valence-electron chi connectivity index (χ1n) is 6.47. The SMILES string of the molecule is COC(=O)C(C)CC(O)c1cccc(C2CC2)c1. The molecule has 0 aromatic heterocycles. The molecule has 0 radical (unpaired) electrons. The van der Waals surface area contributed by atoms with Gasteiger partial charge in [-0.05, 0) is 36.3 Å². The van der Waals surface area contributed by atoms with Crippen molar-refractivity contribution in [2.45, 2.75) is 38.2 Å². The minimum absolute atomic E-state index is 0.271. The van der Waals surface area contributed by atoms with E-state index in [0.29, 0.717) is 12.3 Å². The van der Waals surface area contributed by atoms with E-state index in [2.05, 4.69) is 16.9 Å². The fourth-order valence-electron chi connectivity index (χ4n) is 2.21. The normalized spacial score (nSPS) is 18.2. The maximum atomic E-state index is 11.3. The summed E-state index contributed by atoms with van der Waals surface area (Å²) in [6.45, 7) is 1.78. The van der Waals surface area contributed by atoms with Crippen molar-refractivity contribution in [3.05, 3.63) is 35.4 Å². The van der Waals surface area contributed by atoms with E-state index < -0.39 is 6.10 Å². The van der Waals surface area contributed by atoms with E-state index in [9.17, 15) is 9.90 Å². The topological polar surface area (TPSA) is 46.5 Å². The molecule has 1 aromatic carbocycles. The number of rotatable bonds is 5. The van der Waals surface area contributed by atoms with Crippen molar-refractivity contribution in [3.63, 3.8) is 0 Å². The van der Waals surface area contributed by atoms with Crippen LogP contribution in [0.5, 0.6) is 0 Å². The molecular formula is C15H20O3. The second-order valence-electron chi connectivity index (χ2n) is 5.12. The van der Waals surface area contributed by atoms with Gasteiger partial charge >= 0.3 is 5.97 Å². The van der Waals surface area contributed by atoms with Crippen LogP contribution in [0.1, 0.15) is 49.3 Å². The fourth-order valence-corrected chi connectivity index (χ4v) is 2.21. The highest BCUT2D eigenvalue weighted by atomic mass is 16.5. The number of benzene rings is 1. The minimum atomic E-state index is -0.599. The third-order valence-corrected chi connectivity index (χ3v) is 3.52. The molecule has 18 heavy (non-hydrogen) atoms. The first-order valence-corrected chi connectivity index (χ1v) is 6.47. The van der Waals surface area contributed by atoms with Crippen LogP contribution >= 0.6 is 0 Å². The van der Waals surface area contributed by atoms with Crippen molar-refractivity contribution < 1.29 is 14.6 Å². The Labute approximate surface area is 108 Å². The zero-order valence-corrected chi connectivity index (χ0v) is 10.9. The predicted octanol–water partition coefficient (Wildman–Crippen LogP) is 2.80. The van der Waals surface area contributed by atoms with Gasteiger partial charge in [-0.3, -0.25) is 4.79 Å². The van der Waals surface area contributed by atoms with Gasteiger partial charge in [0.05, 0.1) is 19.1 Å². The van der Waals surface area contributed by atoms with Crippen LogP contribution in [0, 0.1) is 5.92 Å². The molecule has 1 fully saturated rings. The van der Waals surface area contributed by atoms with Gasteiger partial charge in [-0.2, -0.15) is 0 Å². The molecule has 0 saturated heterocycles. The first kappa shape index (κ1) is 13.1. The van der Waals surface area contributed by atoms with Crippen molar-refractivity contribution in [3.8, 4) is 0 Å². The molecule has 0 bridgehead atoms. The van der Waals surface area contributed by atoms with E-state index >= 15 is 0 Å². The quantitative estimate of drug-likeness (QED) is 0.815. The van der Waals surface area contributed by atoms with E-state index in [1.54, 1.807) is 6.92 Å². The fraction of sp³-hybridized carbons (Fsp3) is 0.533. The number of hydrogen-bond donors (Lipinski definition) is 1. The maximum Gasteiger partial charge on any atom is 0.308 e. The number of carbonyl (C=O) groups excluding carboxylic acids is 1. The molecule has 1 aliphatic rings. The molecule has 0 amide bonds. The van der Waals surface area contributed by atoms with Gasteiger partial charge in [0.2, 0.25) is 0 Å². The number of methoxy groups -OCH3 is 1. The summed E-state index contributed by atoms with van der Waals surface area (Å²) >= 11 is 0. The van der Waals surface area contributed by atoms with Crippen molar-refractivity contribution >= 4 is 5.97 Å². The third-order valence-electron chi connectivity index (χ3n) is 3.52. The van der Waals surface area contributed by atoms with Crippen LogP contribution < -0.4 is 0 Å². The molecule has 3 nitrogen and oxygen atoms in total. The predicted molar refractivity (Wildman–Crippen MR) is 69.2 cm³/mol. The van der Waals surface area contributed by atoms with Gasteiger partial charge in [0.25, 0.3) is 0 Å². The largest absolute Gasteiger partial charge is 0.469 e. The zero-order valence-electron chi connectivity index (χ0n) is 10.9. The van der Waals surface area contributed by atoms with Crippen LogP contribution in [-0.2, 0) is 9.53 Å². The summed E-state index contributed by atoms with van der Waals surface area (Å²) < 4.78 is 4.67. The summed E-state index contributed by atoms with van der Waals surface area (Å²) in [6, 6.07) is 8.07. The summed E-state index contributed by atoms with van der Waals surface area (Å²) in [7, 11) is 1.37. The van der Waals surface area contributed by atoms with Crippen molar-refractivity contribution in [2.75, 3.05) is 7.11 Å². The van der Waals surface area contributed by atoms with Crippen molar-refractivity contribution in [2.24, 2.45) is 5.92 Å². The minimum Gasteiger partial charge on any atom is -0.469 e. The van der Waals surface area contributed by atoms with Gasteiger partial charge in [0, 0.05) is 0 Å². The molecule has 0 spiro atoms. The Bertz CT molecular complexity index is 424. The average molecular weight is 248 g/mol. The van der Waals surface area contributed by atoms with Crippen molar-refractivity contribution in [1.29, 1.82) is 0 Å². The molecule has 1 saturated carbocycles. The van der Waals surface area contributed by atoms with Crippen LogP contribution in [0.3, 0.4) is 0 Å². The van der Waals surface area contributed by atoms with E-state index in [0.717, 1.165) is 5.56 Å². The Morgan fingerprint density at radius 2 is 2.22 bits per heavy atom. The molecule has 1 aliphatic carbocycles. The van der Waals surface area contributed by atoms with Crippen molar-refractivity contribution in [1.82, 2.24) is 0 Å². The van der Waals surface area contributed by atoms with Crippen LogP contribution in [0.2, 0.25) is 0 Å². The summed E-state index contributed by atoms with van der Waals surface area (Å²) in [4.78, 5) is 11.3. The number of aliphatic hydroxyl groups excluding tert-OH is 1. The van der Waals surface area contributed by atoms with E-state index in [1.807, 2.05) is 12.1 Å². The molecule has 2 atom stereocenters. The molecule has 0 aliphatic heterocycles. The Morgan fingerprint density at radius 3 is 2.83 bits per heavy atom. The van der Waals surface area contributed by atoms with Gasteiger partial charge in [-0.25, -0.2) is 0 Å². The van der Waals surface area contributed by atoms with Crippen LogP contribution in [0.25, 0.3) is 0 Å². The molecule has 0 heterocycles. The highest BCUT2D eigenvalue weighted by Crippen LogP contribution is 2.40. The zero-order chi connectivity index (χ0) is 13.1. The van der Waals surface area contributed by atoms with Gasteiger partial charge in [0.1, 0.15) is 0 Å². The lowest BCUT2D eigenvalue weighted by Gasteiger charge is -2.15. The van der Waals surface area contributed by atoms with Gasteiger partial charge in [-0.15, -0.1) is 0 Å². The standard InChI is InChI=1S/C15H20O3/c1-10(15(17)18-2)8-14(16)13-5-3-4-12(9-13)11-6-7-11/h3-5,9-11,14,16H,6-8H2,1-2H3. The Morgan fingerprint density at radius 1 is 1.50 bits per heavy atom. The number of carbonyl (C=O) groups is 1. The van der Waals surface area contributed by atoms with Gasteiger partial charge in [0.15, 0.2) is 0 Å². The van der Waals surface area contributed by atoms with E-state index in [-0.39, 0.29) is 11.9 Å². The van der Waals surface area contributed by atoms with Crippen LogP contribution in [-0.4, -0.2) is 18.2 Å². The molecular weight excluding hydrogens is 228 g/mol. The number of hydrogen-bond acceptors (Lipinski definition) is 3. The lowest BCUT2D eigenvalue weighted by molar-refractivity contribution is -0.145. The first-order chi connectivity index (χ1) is 8.61. The lowest BCUT2D eigenvalue weighted by atomic mass is 9.96. The molecule has 2 rings (SSSR count). The van der Waals surface area contributed by atoms with Crippen LogP contribution in [0.4, 0.5) is 0 Å². The highest BCUT2D eigenvalue weighted by molar-refractivity contribution is 5.71. The smallest absolute Gasteiger partial charge is 0.308 e. The monoisotopic (exact) mass is 248 g/mol. The number of aliphatic hydroxyl groups is 1. The average Bonchev–Trinajstić information content (AvgIpc) is 3.22. The second kappa shape index (κ2) is 5.53. The van der Waals surface area contributed by atoms with E-state index in [4.69, 9.17) is 0 Å². The molecule has 98 valence electrons. The van der Waals surface area contributed by atoms with Gasteiger partial charge < -0.3 is 9.84 Å². The highest BCUT2D eigenvalue weighted by Gasteiger charge is 2.25. The Kier molecular flexibility index (Phi) is 4.02. The van der Waals surface area contributed by atoms with E-state index in [1.165, 1.54) is 25.5 Å². The second-order valence-corrected chi connectivity index (χ2v) is 5.12. The van der Waals surface area contributed by atoms with Gasteiger partial charge in [-0.1, -0.05) is 31.2 Å². The number of esters is 1. The molecule has 2 unspecified atom stereocenters. The summed E-state index contributed by atoms with van der Waals surface area (Å²) in [5, 5.41) is 10.2. The molecule has 3 heteroatoms. The lowest BCUT2D eigenvalue weighted by Crippen LogP contribution is -2.16. The number of ether oxygens (including phenoxy) is 1. The molecule has 1 aromatic rings. The summed E-state index contributed by atoms with van der Waals surface area (Å²) in [6.07, 6.45) is 2.30. The third kappa shape index (κ3) is 3.10. The maximum absolute atomic E-state index is 11.3. The Hall–Kier alpha value is -1.35.